The number of thiophene rings is 1. The molecule has 14 heavy (non-hydrogen) atoms. The Hall–Kier alpha value is -1.62. The van der Waals surface area contributed by atoms with Gasteiger partial charge in [0.2, 0.25) is 0 Å². The van der Waals surface area contributed by atoms with E-state index in [0.717, 1.165) is 16.7 Å². The minimum absolute atomic E-state index is 0.0972. The third-order valence-corrected chi connectivity index (χ3v) is 3.15. The molecule has 0 aliphatic carbocycles. The van der Waals surface area contributed by atoms with Crippen molar-refractivity contribution in [2.24, 2.45) is 12.8 Å². The third-order valence-electron chi connectivity index (χ3n) is 2.00. The normalized spacial score (nSPS) is 10.6. The van der Waals surface area contributed by atoms with Gasteiger partial charge in [-0.05, 0) is 12.1 Å². The Kier molecular flexibility index (Phi) is 1.89. The van der Waals surface area contributed by atoms with Gasteiger partial charge in [-0.3, -0.25) is 9.59 Å². The molecule has 1 amide bonds. The van der Waals surface area contributed by atoms with Crippen LogP contribution in [0.15, 0.2) is 23.1 Å². The van der Waals surface area contributed by atoms with E-state index in [2.05, 4.69) is 0 Å². The first-order chi connectivity index (χ1) is 6.59. The maximum atomic E-state index is 11.6. The summed E-state index contributed by atoms with van der Waals surface area (Å²) in [6.07, 6.45) is 1.67. The van der Waals surface area contributed by atoms with E-state index in [9.17, 15) is 9.59 Å². The van der Waals surface area contributed by atoms with Gasteiger partial charge in [0.25, 0.3) is 11.5 Å². The van der Waals surface area contributed by atoms with Gasteiger partial charge < -0.3 is 10.3 Å². The standard InChI is InChI=1S/C9H8N2O2S/c1-11-3-2-5-4-6(8(10)12)14-7(5)9(11)13/h2-4H,1H3,(H2,10,12). The summed E-state index contributed by atoms with van der Waals surface area (Å²) >= 11 is 1.14. The number of fused-ring (bicyclic) bond motifs is 1. The fourth-order valence-electron chi connectivity index (χ4n) is 1.24. The van der Waals surface area contributed by atoms with Crippen molar-refractivity contribution in [3.63, 3.8) is 0 Å². The monoisotopic (exact) mass is 208 g/mol. The lowest BCUT2D eigenvalue weighted by molar-refractivity contribution is 0.100. The fourth-order valence-corrected chi connectivity index (χ4v) is 2.22. The molecule has 0 unspecified atom stereocenters. The van der Waals surface area contributed by atoms with E-state index in [1.165, 1.54) is 4.57 Å². The summed E-state index contributed by atoms with van der Waals surface area (Å²) in [5.74, 6) is -0.492. The summed E-state index contributed by atoms with van der Waals surface area (Å²) in [6, 6.07) is 3.43. The van der Waals surface area contributed by atoms with Gasteiger partial charge in [0.15, 0.2) is 0 Å². The van der Waals surface area contributed by atoms with E-state index in [1.807, 2.05) is 0 Å². The predicted octanol–water partition coefficient (Wildman–Crippen LogP) is 0.699. The molecule has 2 aromatic heterocycles. The van der Waals surface area contributed by atoms with Crippen LogP contribution in [0.25, 0.3) is 10.1 Å². The highest BCUT2D eigenvalue weighted by Gasteiger charge is 2.09. The van der Waals surface area contributed by atoms with Crippen molar-refractivity contribution in [2.45, 2.75) is 0 Å². The number of amides is 1. The Morgan fingerprint density at radius 2 is 2.29 bits per heavy atom. The van der Waals surface area contributed by atoms with E-state index in [1.54, 1.807) is 25.4 Å². The molecule has 0 atom stereocenters. The number of hydrogen-bond acceptors (Lipinski definition) is 3. The molecule has 2 rings (SSSR count). The average Bonchev–Trinajstić information content (AvgIpc) is 2.56. The summed E-state index contributed by atoms with van der Waals surface area (Å²) < 4.78 is 2.05. The molecular formula is C9H8N2O2S. The molecule has 0 saturated carbocycles. The van der Waals surface area contributed by atoms with Crippen molar-refractivity contribution in [3.05, 3.63) is 33.6 Å². The molecule has 0 bridgehead atoms. The summed E-state index contributed by atoms with van der Waals surface area (Å²) in [5, 5.41) is 0.770. The van der Waals surface area contributed by atoms with Gasteiger partial charge in [-0.15, -0.1) is 11.3 Å². The van der Waals surface area contributed by atoms with Crippen LogP contribution in [0.1, 0.15) is 9.67 Å². The lowest BCUT2D eigenvalue weighted by Gasteiger charge is -1.93. The van der Waals surface area contributed by atoms with Crippen LogP contribution in [0.5, 0.6) is 0 Å². The van der Waals surface area contributed by atoms with Gasteiger partial charge >= 0.3 is 0 Å². The molecule has 72 valence electrons. The Morgan fingerprint density at radius 1 is 1.57 bits per heavy atom. The van der Waals surface area contributed by atoms with E-state index < -0.39 is 5.91 Å². The zero-order valence-electron chi connectivity index (χ0n) is 7.48. The molecule has 0 aliphatic heterocycles. The first-order valence-electron chi connectivity index (χ1n) is 3.98. The zero-order chi connectivity index (χ0) is 10.3. The van der Waals surface area contributed by atoms with Gasteiger partial charge in [-0.2, -0.15) is 0 Å². The van der Waals surface area contributed by atoms with Crippen LogP contribution in [0.3, 0.4) is 0 Å². The molecule has 5 heteroatoms. The topological polar surface area (TPSA) is 65.1 Å². The number of primary amides is 1. The highest BCUT2D eigenvalue weighted by molar-refractivity contribution is 7.20. The van der Waals surface area contributed by atoms with Crippen molar-refractivity contribution < 1.29 is 4.79 Å². The molecular weight excluding hydrogens is 200 g/mol. The number of carbonyl (C=O) groups is 1. The number of nitrogens with two attached hydrogens (primary N) is 1. The molecule has 0 fully saturated rings. The first-order valence-corrected chi connectivity index (χ1v) is 4.80. The third kappa shape index (κ3) is 1.22. The summed E-state index contributed by atoms with van der Waals surface area (Å²) in [6.45, 7) is 0. The number of rotatable bonds is 1. The number of hydrogen-bond donors (Lipinski definition) is 1. The van der Waals surface area contributed by atoms with E-state index in [0.29, 0.717) is 9.58 Å². The lowest BCUT2D eigenvalue weighted by atomic mass is 10.3. The first kappa shape index (κ1) is 8.96. The highest BCUT2D eigenvalue weighted by Crippen LogP contribution is 2.21. The second-order valence-electron chi connectivity index (χ2n) is 2.99. The van der Waals surface area contributed by atoms with Crippen LogP contribution in [-0.2, 0) is 7.05 Å². The molecule has 0 radical (unpaired) electrons. The van der Waals surface area contributed by atoms with Gasteiger partial charge in [0.05, 0.1) is 4.88 Å². The Balaban J connectivity index is 2.84. The van der Waals surface area contributed by atoms with Gasteiger partial charge in [0, 0.05) is 18.6 Å². The Morgan fingerprint density at radius 3 is 2.93 bits per heavy atom. The molecule has 0 aromatic carbocycles. The second kappa shape index (κ2) is 2.95. The summed E-state index contributed by atoms with van der Waals surface area (Å²) in [4.78, 5) is 22.9. The minimum atomic E-state index is -0.492. The quantitative estimate of drug-likeness (QED) is 0.749. The molecule has 2 N–H and O–H groups in total. The molecule has 0 saturated heterocycles. The molecule has 2 heterocycles. The van der Waals surface area contributed by atoms with E-state index in [-0.39, 0.29) is 5.56 Å². The molecule has 0 aliphatic rings. The van der Waals surface area contributed by atoms with Crippen molar-refractivity contribution >= 4 is 27.3 Å². The molecule has 2 aromatic rings. The van der Waals surface area contributed by atoms with E-state index in [4.69, 9.17) is 5.73 Å². The number of carbonyl (C=O) groups excluding carboxylic acids is 1. The van der Waals surface area contributed by atoms with Gasteiger partial charge in [0.1, 0.15) is 4.70 Å². The van der Waals surface area contributed by atoms with Crippen molar-refractivity contribution in [3.8, 4) is 0 Å². The number of pyridine rings is 1. The largest absolute Gasteiger partial charge is 0.365 e. The SMILES string of the molecule is Cn1ccc2cc(C(N)=O)sc2c1=O. The van der Waals surface area contributed by atoms with Crippen LogP contribution in [0.4, 0.5) is 0 Å². The smallest absolute Gasteiger partial charge is 0.268 e. The van der Waals surface area contributed by atoms with Crippen molar-refractivity contribution in [1.82, 2.24) is 4.57 Å². The predicted molar refractivity (Wildman–Crippen MR) is 55.6 cm³/mol. The maximum absolute atomic E-state index is 11.6. The number of nitrogens with zero attached hydrogens (tertiary/aromatic N) is 1. The van der Waals surface area contributed by atoms with Crippen molar-refractivity contribution in [2.75, 3.05) is 0 Å². The van der Waals surface area contributed by atoms with Crippen LogP contribution in [0, 0.1) is 0 Å². The van der Waals surface area contributed by atoms with Crippen molar-refractivity contribution in [1.29, 1.82) is 0 Å². The second-order valence-corrected chi connectivity index (χ2v) is 4.04. The van der Waals surface area contributed by atoms with Gasteiger partial charge in [-0.25, -0.2) is 0 Å². The Labute approximate surface area is 83.6 Å². The maximum Gasteiger partial charge on any atom is 0.268 e. The van der Waals surface area contributed by atoms with Crippen LogP contribution >= 0.6 is 11.3 Å². The zero-order valence-corrected chi connectivity index (χ0v) is 8.30. The van der Waals surface area contributed by atoms with Crippen LogP contribution < -0.4 is 11.3 Å². The number of aromatic nitrogens is 1. The van der Waals surface area contributed by atoms with Gasteiger partial charge in [-0.1, -0.05) is 0 Å². The fraction of sp³-hybridized carbons (Fsp3) is 0.111. The summed E-state index contributed by atoms with van der Waals surface area (Å²) in [5.41, 5.74) is 5.03. The van der Waals surface area contributed by atoms with E-state index >= 15 is 0 Å². The summed E-state index contributed by atoms with van der Waals surface area (Å²) in [7, 11) is 1.67. The van der Waals surface area contributed by atoms with Crippen LogP contribution in [-0.4, -0.2) is 10.5 Å². The average molecular weight is 208 g/mol. The molecule has 0 spiro atoms. The number of aryl methyl sites for hydroxylation is 1. The molecule has 4 nitrogen and oxygen atoms in total. The Bertz CT molecular complexity index is 568. The van der Waals surface area contributed by atoms with Crippen LogP contribution in [0.2, 0.25) is 0 Å². The minimum Gasteiger partial charge on any atom is -0.365 e. The highest BCUT2D eigenvalue weighted by atomic mass is 32.1. The lowest BCUT2D eigenvalue weighted by Crippen LogP contribution is -2.13.